The lowest BCUT2D eigenvalue weighted by Crippen LogP contribution is -2.39. The second-order valence-corrected chi connectivity index (χ2v) is 6.46. The molecule has 0 unspecified atom stereocenters. The molecule has 1 rings (SSSR count). The summed E-state index contributed by atoms with van der Waals surface area (Å²) >= 11 is 0. The van der Waals surface area contributed by atoms with Crippen molar-refractivity contribution in [3.05, 3.63) is 0 Å². The normalized spacial score (nSPS) is 21.6. The summed E-state index contributed by atoms with van der Waals surface area (Å²) < 4.78 is 4.88. The topological polar surface area (TPSA) is 78.9 Å². The highest BCUT2D eigenvalue weighted by atomic mass is 16.6. The van der Waals surface area contributed by atoms with E-state index < -0.39 is 18.2 Å². The fourth-order valence-corrected chi connectivity index (χ4v) is 2.14. The van der Waals surface area contributed by atoms with Gasteiger partial charge in [0.15, 0.2) is 12.2 Å². The van der Waals surface area contributed by atoms with Crippen LogP contribution in [0.4, 0.5) is 0 Å². The van der Waals surface area contributed by atoms with Crippen LogP contribution in [0.15, 0.2) is 0 Å². The predicted octanol–water partition coefficient (Wildman–Crippen LogP) is 2.20. The third-order valence-electron chi connectivity index (χ3n) is 3.52. The summed E-state index contributed by atoms with van der Waals surface area (Å²) in [6.07, 6.45) is 2.22. The molecule has 1 aliphatic heterocycles. The van der Waals surface area contributed by atoms with E-state index in [0.717, 1.165) is 25.7 Å². The highest BCUT2D eigenvalue weighted by molar-refractivity contribution is 5.92. The first kappa shape index (κ1) is 17.0. The van der Waals surface area contributed by atoms with Crippen molar-refractivity contribution < 1.29 is 19.4 Å². The van der Waals surface area contributed by atoms with E-state index in [-0.39, 0.29) is 11.9 Å². The summed E-state index contributed by atoms with van der Waals surface area (Å²) in [6, 6.07) is 0.117. The van der Waals surface area contributed by atoms with Gasteiger partial charge in [0.25, 0.3) is 5.91 Å². The lowest BCUT2D eigenvalue weighted by Gasteiger charge is -2.20. The van der Waals surface area contributed by atoms with Crippen LogP contribution in [0.5, 0.6) is 0 Å². The molecule has 20 heavy (non-hydrogen) atoms. The van der Waals surface area contributed by atoms with Crippen LogP contribution >= 0.6 is 0 Å². The van der Waals surface area contributed by atoms with E-state index in [1.165, 1.54) is 0 Å². The maximum absolute atomic E-state index is 11.9. The van der Waals surface area contributed by atoms with Crippen molar-refractivity contribution in [3.63, 3.8) is 0 Å². The molecule has 2 N–H and O–H groups in total. The van der Waals surface area contributed by atoms with E-state index in [2.05, 4.69) is 33.0 Å². The number of aliphatic carboxylic acids is 1. The number of carboxylic acid groups (broad SMARTS) is 1. The Labute approximate surface area is 121 Å². The summed E-state index contributed by atoms with van der Waals surface area (Å²) in [5.41, 5.74) is 0. The van der Waals surface area contributed by atoms with Crippen molar-refractivity contribution in [2.45, 2.75) is 71.6 Å². The molecule has 1 heterocycles. The zero-order valence-electron chi connectivity index (χ0n) is 12.9. The van der Waals surface area contributed by atoms with Crippen molar-refractivity contribution in [3.8, 4) is 0 Å². The van der Waals surface area contributed by atoms with Crippen LogP contribution < -0.4 is 5.32 Å². The zero-order chi connectivity index (χ0) is 15.3. The molecule has 1 fully saturated rings. The summed E-state index contributed by atoms with van der Waals surface area (Å²) in [5.74, 6) is -0.157. The van der Waals surface area contributed by atoms with Crippen molar-refractivity contribution in [1.29, 1.82) is 0 Å². The minimum Gasteiger partial charge on any atom is -0.479 e. The lowest BCUT2D eigenvalue weighted by atomic mass is 9.96. The van der Waals surface area contributed by atoms with Gasteiger partial charge >= 0.3 is 5.97 Å². The Balaban J connectivity index is 2.42. The number of carboxylic acids is 1. The molecule has 1 saturated heterocycles. The molecule has 0 bridgehead atoms. The SMILES string of the molecule is CC(C)CCC(CCC(C)C)NC(=O)[C@H]1O[C@@H]1C(=O)O. The number of amides is 1. The monoisotopic (exact) mass is 285 g/mol. The van der Waals surface area contributed by atoms with Gasteiger partial charge in [-0.05, 0) is 37.5 Å². The number of hydrogen-bond donors (Lipinski definition) is 2. The Morgan fingerprint density at radius 2 is 1.50 bits per heavy atom. The fraction of sp³-hybridized carbons (Fsp3) is 0.867. The third-order valence-corrected chi connectivity index (χ3v) is 3.52. The molecule has 1 aliphatic rings. The van der Waals surface area contributed by atoms with Gasteiger partial charge in [-0.25, -0.2) is 4.79 Å². The smallest absolute Gasteiger partial charge is 0.336 e. The number of rotatable bonds is 9. The molecule has 0 aromatic carbocycles. The Hall–Kier alpha value is -1.10. The van der Waals surface area contributed by atoms with Gasteiger partial charge in [-0.15, -0.1) is 0 Å². The molecule has 0 aromatic rings. The summed E-state index contributed by atoms with van der Waals surface area (Å²) in [5, 5.41) is 11.7. The van der Waals surface area contributed by atoms with E-state index in [1.54, 1.807) is 0 Å². The largest absolute Gasteiger partial charge is 0.479 e. The lowest BCUT2D eigenvalue weighted by molar-refractivity contribution is -0.138. The van der Waals surface area contributed by atoms with Gasteiger partial charge in [-0.3, -0.25) is 4.79 Å². The molecule has 5 heteroatoms. The van der Waals surface area contributed by atoms with Gasteiger partial charge in [-0.1, -0.05) is 27.7 Å². The van der Waals surface area contributed by atoms with Gasteiger partial charge in [0.1, 0.15) is 0 Å². The second kappa shape index (κ2) is 7.62. The zero-order valence-corrected chi connectivity index (χ0v) is 12.9. The van der Waals surface area contributed by atoms with E-state index in [9.17, 15) is 9.59 Å². The number of nitrogens with one attached hydrogen (secondary N) is 1. The van der Waals surface area contributed by atoms with E-state index >= 15 is 0 Å². The molecule has 116 valence electrons. The Morgan fingerprint density at radius 1 is 1.00 bits per heavy atom. The minimum atomic E-state index is -1.06. The van der Waals surface area contributed by atoms with Crippen molar-refractivity contribution >= 4 is 11.9 Å². The molecular weight excluding hydrogens is 258 g/mol. The highest BCUT2D eigenvalue weighted by Gasteiger charge is 2.50. The first-order chi connectivity index (χ1) is 9.31. The maximum Gasteiger partial charge on any atom is 0.336 e. The van der Waals surface area contributed by atoms with Crippen LogP contribution in [-0.4, -0.2) is 35.2 Å². The summed E-state index contributed by atoms with van der Waals surface area (Å²) in [7, 11) is 0. The van der Waals surface area contributed by atoms with E-state index in [1.807, 2.05) is 0 Å². The number of hydrogen-bond acceptors (Lipinski definition) is 3. The Bertz CT molecular complexity index is 329. The molecule has 5 nitrogen and oxygen atoms in total. The van der Waals surface area contributed by atoms with E-state index in [4.69, 9.17) is 9.84 Å². The van der Waals surface area contributed by atoms with Crippen LogP contribution in [0, 0.1) is 11.8 Å². The highest BCUT2D eigenvalue weighted by Crippen LogP contribution is 2.23. The Kier molecular flexibility index (Phi) is 6.46. The molecule has 0 aromatic heterocycles. The van der Waals surface area contributed by atoms with Gasteiger partial charge in [0.05, 0.1) is 0 Å². The number of carbonyl (C=O) groups excluding carboxylic acids is 1. The number of carbonyl (C=O) groups is 2. The Morgan fingerprint density at radius 3 is 1.85 bits per heavy atom. The molecular formula is C15H27NO4. The predicted molar refractivity (Wildman–Crippen MR) is 76.4 cm³/mol. The molecule has 0 spiro atoms. The third kappa shape index (κ3) is 5.90. The summed E-state index contributed by atoms with van der Waals surface area (Å²) in [4.78, 5) is 22.6. The van der Waals surface area contributed by atoms with Gasteiger partial charge in [0.2, 0.25) is 0 Å². The van der Waals surface area contributed by atoms with Gasteiger partial charge in [-0.2, -0.15) is 0 Å². The second-order valence-electron chi connectivity index (χ2n) is 6.46. The maximum atomic E-state index is 11.9. The van der Waals surface area contributed by atoms with Crippen molar-refractivity contribution in [1.82, 2.24) is 5.32 Å². The van der Waals surface area contributed by atoms with Crippen LogP contribution in [0.1, 0.15) is 53.4 Å². The number of ether oxygens (including phenoxy) is 1. The minimum absolute atomic E-state index is 0.117. The average Bonchev–Trinajstić information content (AvgIpc) is 3.12. The first-order valence-electron chi connectivity index (χ1n) is 7.50. The molecule has 0 saturated carbocycles. The van der Waals surface area contributed by atoms with Crippen molar-refractivity contribution in [2.75, 3.05) is 0 Å². The number of epoxide rings is 1. The fourth-order valence-electron chi connectivity index (χ4n) is 2.14. The van der Waals surface area contributed by atoms with Gasteiger partial charge < -0.3 is 15.2 Å². The van der Waals surface area contributed by atoms with Crippen LogP contribution in [0.25, 0.3) is 0 Å². The average molecular weight is 285 g/mol. The van der Waals surface area contributed by atoms with Crippen LogP contribution in [0.3, 0.4) is 0 Å². The molecule has 0 radical (unpaired) electrons. The van der Waals surface area contributed by atoms with Crippen LogP contribution in [-0.2, 0) is 14.3 Å². The quantitative estimate of drug-likeness (QED) is 0.636. The first-order valence-corrected chi connectivity index (χ1v) is 7.50. The molecule has 1 amide bonds. The van der Waals surface area contributed by atoms with Crippen LogP contribution in [0.2, 0.25) is 0 Å². The molecule has 0 aliphatic carbocycles. The summed E-state index contributed by atoms with van der Waals surface area (Å²) in [6.45, 7) is 8.63. The van der Waals surface area contributed by atoms with Crippen molar-refractivity contribution in [2.24, 2.45) is 11.8 Å². The molecule has 2 atom stereocenters. The van der Waals surface area contributed by atoms with E-state index in [0.29, 0.717) is 11.8 Å². The standard InChI is InChI=1S/C15H27NO4/c1-9(2)5-7-11(8-6-10(3)4)16-14(17)12-13(20-12)15(18)19/h9-13H,5-8H2,1-4H3,(H,16,17)(H,18,19)/t12-,13-/m0/s1. The van der Waals surface area contributed by atoms with Gasteiger partial charge in [0, 0.05) is 6.04 Å².